The molecule has 1 aliphatic rings. The first-order chi connectivity index (χ1) is 8.98. The predicted octanol–water partition coefficient (Wildman–Crippen LogP) is 2.79. The highest BCUT2D eigenvalue weighted by Crippen LogP contribution is 2.40. The Hall–Kier alpha value is -1.39. The first-order valence-electron chi connectivity index (χ1n) is 6.46. The summed E-state index contributed by atoms with van der Waals surface area (Å²) < 4.78 is 1.13. The number of thiophene rings is 1. The van der Waals surface area contributed by atoms with Gasteiger partial charge in [0, 0.05) is 16.2 Å². The summed E-state index contributed by atoms with van der Waals surface area (Å²) in [5, 5.41) is 13.8. The number of fused-ring (bicyclic) bond motifs is 1. The molecule has 1 aromatic carbocycles. The third-order valence-electron chi connectivity index (χ3n) is 4.17. The molecule has 0 radical (unpaired) electrons. The van der Waals surface area contributed by atoms with Gasteiger partial charge in [0.05, 0.1) is 11.0 Å². The molecule has 1 heterocycles. The van der Waals surface area contributed by atoms with Crippen molar-refractivity contribution in [1.29, 1.82) is 0 Å². The highest BCUT2D eigenvalue weighted by atomic mass is 32.1. The van der Waals surface area contributed by atoms with Crippen LogP contribution in [0.5, 0.6) is 0 Å². The number of benzene rings is 1. The molecule has 1 amide bonds. The number of hydrogen-bond donors (Lipinski definition) is 2. The van der Waals surface area contributed by atoms with Crippen molar-refractivity contribution in [2.45, 2.75) is 32.4 Å². The molecule has 100 valence electrons. The molecule has 0 bridgehead atoms. The molecule has 2 atom stereocenters. The number of nitrogens with one attached hydrogen (secondary N) is 1. The van der Waals surface area contributed by atoms with Crippen LogP contribution in [0.1, 0.15) is 29.9 Å². The minimum atomic E-state index is -0.319. The zero-order valence-electron chi connectivity index (χ0n) is 11.0. The highest BCUT2D eigenvalue weighted by molar-refractivity contribution is 7.20. The lowest BCUT2D eigenvalue weighted by atomic mass is 9.64. The molecule has 0 saturated heterocycles. The Bertz CT molecular complexity index is 599. The summed E-state index contributed by atoms with van der Waals surface area (Å²) in [5.74, 6) is -0.0359. The summed E-state index contributed by atoms with van der Waals surface area (Å²) in [6, 6.07) is 9.97. The lowest BCUT2D eigenvalue weighted by molar-refractivity contribution is -0.0689. The maximum Gasteiger partial charge on any atom is 0.261 e. The summed E-state index contributed by atoms with van der Waals surface area (Å²) in [6.07, 6.45) is 0.323. The van der Waals surface area contributed by atoms with E-state index in [0.717, 1.165) is 15.0 Å². The Morgan fingerprint density at radius 2 is 2.16 bits per heavy atom. The van der Waals surface area contributed by atoms with Crippen molar-refractivity contribution in [3.05, 3.63) is 35.2 Å². The minimum Gasteiger partial charge on any atom is -0.392 e. The van der Waals surface area contributed by atoms with E-state index in [4.69, 9.17) is 0 Å². The second-order valence-corrected chi connectivity index (χ2v) is 6.83. The molecule has 2 N–H and O–H groups in total. The van der Waals surface area contributed by atoms with Gasteiger partial charge >= 0.3 is 0 Å². The average molecular weight is 275 g/mol. The van der Waals surface area contributed by atoms with Crippen LogP contribution in [0.3, 0.4) is 0 Å². The van der Waals surface area contributed by atoms with Crippen molar-refractivity contribution in [3.8, 4) is 0 Å². The van der Waals surface area contributed by atoms with Gasteiger partial charge in [0.25, 0.3) is 5.91 Å². The molecule has 2 aromatic rings. The highest BCUT2D eigenvalue weighted by Gasteiger charge is 2.48. The number of aliphatic hydroxyl groups is 1. The van der Waals surface area contributed by atoms with Crippen molar-refractivity contribution in [1.82, 2.24) is 5.32 Å². The van der Waals surface area contributed by atoms with E-state index in [0.29, 0.717) is 6.42 Å². The van der Waals surface area contributed by atoms with Crippen molar-refractivity contribution >= 4 is 27.3 Å². The van der Waals surface area contributed by atoms with Crippen LogP contribution in [-0.2, 0) is 0 Å². The maximum absolute atomic E-state index is 12.2. The first kappa shape index (κ1) is 12.6. The van der Waals surface area contributed by atoms with Crippen LogP contribution in [0.25, 0.3) is 10.1 Å². The van der Waals surface area contributed by atoms with Gasteiger partial charge < -0.3 is 10.4 Å². The van der Waals surface area contributed by atoms with Crippen molar-refractivity contribution in [2.24, 2.45) is 5.41 Å². The quantitative estimate of drug-likeness (QED) is 0.885. The Morgan fingerprint density at radius 1 is 1.42 bits per heavy atom. The molecule has 2 unspecified atom stereocenters. The molecular weight excluding hydrogens is 258 g/mol. The number of rotatable bonds is 2. The molecule has 19 heavy (non-hydrogen) atoms. The number of carbonyl (C=O) groups is 1. The van der Waals surface area contributed by atoms with Gasteiger partial charge in [0.1, 0.15) is 0 Å². The summed E-state index contributed by atoms with van der Waals surface area (Å²) in [4.78, 5) is 13.0. The second kappa shape index (κ2) is 4.32. The first-order valence-corrected chi connectivity index (χ1v) is 7.27. The minimum absolute atomic E-state index is 0.0359. The normalized spacial score (nSPS) is 25.0. The van der Waals surface area contributed by atoms with Crippen molar-refractivity contribution < 1.29 is 9.90 Å². The SMILES string of the molecule is CC1(C)C(O)CC1NC(=O)c1cc2ccccc2s1. The Balaban J connectivity index is 1.78. The van der Waals surface area contributed by atoms with Gasteiger partial charge in [-0.25, -0.2) is 0 Å². The predicted molar refractivity (Wildman–Crippen MR) is 77.5 cm³/mol. The van der Waals surface area contributed by atoms with Crippen LogP contribution in [0.15, 0.2) is 30.3 Å². The van der Waals surface area contributed by atoms with Crippen LogP contribution in [-0.4, -0.2) is 23.2 Å². The average Bonchev–Trinajstić information content (AvgIpc) is 2.82. The summed E-state index contributed by atoms with van der Waals surface area (Å²) in [6.45, 7) is 3.97. The lowest BCUT2D eigenvalue weighted by Gasteiger charge is -2.49. The molecule has 1 aromatic heterocycles. The van der Waals surface area contributed by atoms with Gasteiger partial charge in [-0.05, 0) is 23.9 Å². The molecule has 3 rings (SSSR count). The van der Waals surface area contributed by atoms with E-state index >= 15 is 0 Å². The molecule has 0 aliphatic heterocycles. The van der Waals surface area contributed by atoms with E-state index in [1.165, 1.54) is 11.3 Å². The molecule has 1 fully saturated rings. The standard InChI is InChI=1S/C15H17NO2S/c1-15(2)12(8-13(15)17)16-14(18)11-7-9-5-3-4-6-10(9)19-11/h3-7,12-13,17H,8H2,1-2H3,(H,16,18). The fraction of sp³-hybridized carbons (Fsp3) is 0.400. The summed E-state index contributed by atoms with van der Waals surface area (Å²) >= 11 is 1.51. The van der Waals surface area contributed by atoms with Gasteiger partial charge in [-0.3, -0.25) is 4.79 Å². The number of amides is 1. The van der Waals surface area contributed by atoms with Gasteiger partial charge in [0.2, 0.25) is 0 Å². The molecule has 1 saturated carbocycles. The molecule has 3 nitrogen and oxygen atoms in total. The van der Waals surface area contributed by atoms with Crippen LogP contribution >= 0.6 is 11.3 Å². The van der Waals surface area contributed by atoms with E-state index in [2.05, 4.69) is 5.32 Å². The van der Waals surface area contributed by atoms with E-state index in [9.17, 15) is 9.90 Å². The second-order valence-electron chi connectivity index (χ2n) is 5.75. The van der Waals surface area contributed by atoms with E-state index < -0.39 is 0 Å². The van der Waals surface area contributed by atoms with Gasteiger partial charge in [0.15, 0.2) is 0 Å². The third-order valence-corrected chi connectivity index (χ3v) is 5.29. The van der Waals surface area contributed by atoms with Crippen LogP contribution in [0.4, 0.5) is 0 Å². The largest absolute Gasteiger partial charge is 0.392 e. The van der Waals surface area contributed by atoms with Crippen LogP contribution in [0, 0.1) is 5.41 Å². The zero-order chi connectivity index (χ0) is 13.6. The fourth-order valence-corrected chi connectivity index (χ4v) is 3.44. The van der Waals surface area contributed by atoms with Crippen LogP contribution in [0.2, 0.25) is 0 Å². The number of carbonyl (C=O) groups excluding carboxylic acids is 1. The van der Waals surface area contributed by atoms with Gasteiger partial charge in [-0.1, -0.05) is 32.0 Å². The summed E-state index contributed by atoms with van der Waals surface area (Å²) in [7, 11) is 0. The fourth-order valence-electron chi connectivity index (χ4n) is 2.47. The lowest BCUT2D eigenvalue weighted by Crippen LogP contribution is -2.61. The number of aliphatic hydroxyl groups excluding tert-OH is 1. The Labute approximate surface area is 116 Å². The molecule has 1 aliphatic carbocycles. The number of hydrogen-bond acceptors (Lipinski definition) is 3. The van der Waals surface area contributed by atoms with E-state index in [-0.39, 0.29) is 23.5 Å². The topological polar surface area (TPSA) is 49.3 Å². The van der Waals surface area contributed by atoms with E-state index in [1.54, 1.807) is 0 Å². The monoisotopic (exact) mass is 275 g/mol. The summed E-state index contributed by atoms with van der Waals surface area (Å²) in [5.41, 5.74) is -0.230. The zero-order valence-corrected chi connectivity index (χ0v) is 11.8. The van der Waals surface area contributed by atoms with Crippen LogP contribution < -0.4 is 5.32 Å². The van der Waals surface area contributed by atoms with Crippen molar-refractivity contribution in [2.75, 3.05) is 0 Å². The molecule has 4 heteroatoms. The maximum atomic E-state index is 12.2. The van der Waals surface area contributed by atoms with E-state index in [1.807, 2.05) is 44.2 Å². The Morgan fingerprint density at radius 3 is 2.79 bits per heavy atom. The molecule has 0 spiro atoms. The van der Waals surface area contributed by atoms with Gasteiger partial charge in [-0.15, -0.1) is 11.3 Å². The Kier molecular flexibility index (Phi) is 2.87. The van der Waals surface area contributed by atoms with Crippen molar-refractivity contribution in [3.63, 3.8) is 0 Å². The van der Waals surface area contributed by atoms with Gasteiger partial charge in [-0.2, -0.15) is 0 Å². The molecular formula is C15H17NO2S. The smallest absolute Gasteiger partial charge is 0.261 e. The third kappa shape index (κ3) is 2.05.